The van der Waals surface area contributed by atoms with E-state index in [1.54, 1.807) is 12.1 Å². The van der Waals surface area contributed by atoms with Gasteiger partial charge in [0.2, 0.25) is 0 Å². The SMILES string of the molecule is Fc1ccc2c(c1)[C@H]1OCCC[C@@H]1c1ccccc1C2. The Labute approximate surface area is 118 Å². The normalized spacial score (nSPS) is 24.2. The summed E-state index contributed by atoms with van der Waals surface area (Å²) in [4.78, 5) is 0. The molecule has 4 rings (SSSR count). The van der Waals surface area contributed by atoms with Crippen molar-refractivity contribution >= 4 is 0 Å². The maximum atomic E-state index is 13.7. The fraction of sp³-hybridized carbons (Fsp3) is 0.333. The number of ether oxygens (including phenoxy) is 1. The minimum atomic E-state index is -0.164. The largest absolute Gasteiger partial charge is 0.373 e. The number of hydrogen-bond acceptors (Lipinski definition) is 1. The third-order valence-electron chi connectivity index (χ3n) is 4.57. The van der Waals surface area contributed by atoms with E-state index in [4.69, 9.17) is 4.74 Å². The molecule has 102 valence electrons. The summed E-state index contributed by atoms with van der Waals surface area (Å²) in [5.74, 6) is 0.200. The van der Waals surface area contributed by atoms with Gasteiger partial charge < -0.3 is 4.74 Å². The standard InChI is InChI=1S/C18H17FO/c19-14-8-7-13-10-12-4-1-2-5-15(12)16-6-3-9-20-18(16)17(13)11-14/h1-2,4-5,7-8,11,16,18H,3,6,9-10H2/t16-,18+/m1/s1. The van der Waals surface area contributed by atoms with Crippen LogP contribution in [0.5, 0.6) is 0 Å². The highest BCUT2D eigenvalue weighted by atomic mass is 19.1. The van der Waals surface area contributed by atoms with Crippen molar-refractivity contribution in [3.63, 3.8) is 0 Å². The number of fused-ring (bicyclic) bond motifs is 5. The van der Waals surface area contributed by atoms with Crippen molar-refractivity contribution < 1.29 is 9.13 Å². The van der Waals surface area contributed by atoms with Gasteiger partial charge >= 0.3 is 0 Å². The highest BCUT2D eigenvalue weighted by Gasteiger charge is 2.34. The van der Waals surface area contributed by atoms with Crippen LogP contribution in [-0.2, 0) is 11.2 Å². The molecule has 0 bridgehead atoms. The summed E-state index contributed by atoms with van der Waals surface area (Å²) in [5, 5.41) is 0. The molecule has 2 aromatic rings. The average molecular weight is 268 g/mol. The molecule has 0 spiro atoms. The second-order valence-corrected chi connectivity index (χ2v) is 5.76. The summed E-state index contributed by atoms with van der Waals surface area (Å²) in [6.45, 7) is 0.777. The lowest BCUT2D eigenvalue weighted by Gasteiger charge is -2.32. The lowest BCUT2D eigenvalue weighted by molar-refractivity contribution is -0.00220. The van der Waals surface area contributed by atoms with E-state index in [2.05, 4.69) is 24.3 Å². The first-order chi connectivity index (χ1) is 9.83. The van der Waals surface area contributed by atoms with Crippen LogP contribution in [0.2, 0.25) is 0 Å². The minimum absolute atomic E-state index is 0.0121. The van der Waals surface area contributed by atoms with E-state index in [9.17, 15) is 4.39 Å². The Hall–Kier alpha value is -1.67. The Bertz CT molecular complexity index is 650. The topological polar surface area (TPSA) is 9.23 Å². The van der Waals surface area contributed by atoms with Crippen molar-refractivity contribution in [1.82, 2.24) is 0 Å². The third kappa shape index (κ3) is 1.87. The second-order valence-electron chi connectivity index (χ2n) is 5.76. The molecule has 1 aliphatic carbocycles. The molecule has 2 aromatic carbocycles. The molecule has 2 atom stereocenters. The van der Waals surface area contributed by atoms with Gasteiger partial charge in [-0.1, -0.05) is 30.3 Å². The van der Waals surface area contributed by atoms with Crippen LogP contribution in [0.1, 0.15) is 47.1 Å². The van der Waals surface area contributed by atoms with Crippen LogP contribution in [-0.4, -0.2) is 6.61 Å². The quantitative estimate of drug-likeness (QED) is 0.689. The van der Waals surface area contributed by atoms with Crippen LogP contribution in [0.15, 0.2) is 42.5 Å². The molecule has 0 unspecified atom stereocenters. The predicted octanol–water partition coefficient (Wildman–Crippen LogP) is 4.37. The van der Waals surface area contributed by atoms with Gasteiger partial charge in [0.15, 0.2) is 0 Å². The molecule has 1 fully saturated rings. The first-order valence-electron chi connectivity index (χ1n) is 7.30. The molecule has 0 N–H and O–H groups in total. The van der Waals surface area contributed by atoms with Crippen LogP contribution in [0.3, 0.4) is 0 Å². The molecule has 1 nitrogen and oxygen atoms in total. The fourth-order valence-electron chi connectivity index (χ4n) is 3.66. The van der Waals surface area contributed by atoms with Gasteiger partial charge in [-0.2, -0.15) is 0 Å². The molecule has 1 saturated heterocycles. The first-order valence-corrected chi connectivity index (χ1v) is 7.30. The van der Waals surface area contributed by atoms with Crippen molar-refractivity contribution in [2.24, 2.45) is 0 Å². The minimum Gasteiger partial charge on any atom is -0.373 e. The van der Waals surface area contributed by atoms with Gasteiger partial charge in [0.25, 0.3) is 0 Å². The van der Waals surface area contributed by atoms with Gasteiger partial charge in [-0.3, -0.25) is 0 Å². The summed E-state index contributed by atoms with van der Waals surface area (Å²) in [6, 6.07) is 13.7. The molecule has 20 heavy (non-hydrogen) atoms. The van der Waals surface area contributed by atoms with Crippen molar-refractivity contribution in [1.29, 1.82) is 0 Å². The van der Waals surface area contributed by atoms with Crippen LogP contribution in [0.25, 0.3) is 0 Å². The van der Waals surface area contributed by atoms with E-state index >= 15 is 0 Å². The number of hydrogen-bond donors (Lipinski definition) is 0. The van der Waals surface area contributed by atoms with Gasteiger partial charge in [0.1, 0.15) is 5.82 Å². The molecular formula is C18H17FO. The zero-order valence-corrected chi connectivity index (χ0v) is 11.3. The zero-order valence-electron chi connectivity index (χ0n) is 11.3. The summed E-state index contributed by atoms with van der Waals surface area (Å²) in [5.41, 5.74) is 4.99. The Kier molecular flexibility index (Phi) is 2.85. The highest BCUT2D eigenvalue weighted by Crippen LogP contribution is 2.46. The molecule has 1 heterocycles. The van der Waals surface area contributed by atoms with Crippen LogP contribution < -0.4 is 0 Å². The predicted molar refractivity (Wildman–Crippen MR) is 76.3 cm³/mol. The highest BCUT2D eigenvalue weighted by molar-refractivity contribution is 5.44. The van der Waals surface area contributed by atoms with E-state index < -0.39 is 0 Å². The first kappa shape index (κ1) is 12.1. The van der Waals surface area contributed by atoms with Gasteiger partial charge in [0.05, 0.1) is 6.10 Å². The van der Waals surface area contributed by atoms with Gasteiger partial charge in [-0.15, -0.1) is 0 Å². The summed E-state index contributed by atoms with van der Waals surface area (Å²) >= 11 is 0. The molecule has 0 amide bonds. The summed E-state index contributed by atoms with van der Waals surface area (Å²) in [6.07, 6.45) is 3.10. The van der Waals surface area contributed by atoms with Crippen LogP contribution in [0.4, 0.5) is 4.39 Å². The third-order valence-corrected chi connectivity index (χ3v) is 4.57. The molecule has 0 aromatic heterocycles. The van der Waals surface area contributed by atoms with E-state index in [1.807, 2.05) is 6.07 Å². The van der Waals surface area contributed by atoms with Crippen molar-refractivity contribution in [3.05, 3.63) is 70.5 Å². The molecule has 2 aliphatic rings. The average Bonchev–Trinajstić information content (AvgIpc) is 2.62. The number of halogens is 1. The Morgan fingerprint density at radius 1 is 1.00 bits per heavy atom. The molecule has 0 saturated carbocycles. The van der Waals surface area contributed by atoms with Gasteiger partial charge in [-0.05, 0) is 53.6 Å². The van der Waals surface area contributed by atoms with Crippen molar-refractivity contribution in [3.8, 4) is 0 Å². The van der Waals surface area contributed by atoms with Crippen molar-refractivity contribution in [2.75, 3.05) is 6.61 Å². The zero-order chi connectivity index (χ0) is 13.5. The maximum Gasteiger partial charge on any atom is 0.123 e. The van der Waals surface area contributed by atoms with Crippen molar-refractivity contribution in [2.45, 2.75) is 31.3 Å². The summed E-state index contributed by atoms with van der Waals surface area (Å²) in [7, 11) is 0. The van der Waals surface area contributed by atoms with Gasteiger partial charge in [-0.25, -0.2) is 4.39 Å². The second kappa shape index (κ2) is 4.71. The Balaban J connectivity index is 1.92. The molecule has 2 heteroatoms. The molecule has 1 aliphatic heterocycles. The lowest BCUT2D eigenvalue weighted by atomic mass is 9.84. The number of rotatable bonds is 0. The van der Waals surface area contributed by atoms with E-state index in [1.165, 1.54) is 16.7 Å². The molecular weight excluding hydrogens is 251 g/mol. The smallest absolute Gasteiger partial charge is 0.123 e. The maximum absolute atomic E-state index is 13.7. The van der Waals surface area contributed by atoms with E-state index in [0.29, 0.717) is 5.92 Å². The monoisotopic (exact) mass is 268 g/mol. The molecule has 0 radical (unpaired) electrons. The fourth-order valence-corrected chi connectivity index (χ4v) is 3.66. The summed E-state index contributed by atoms with van der Waals surface area (Å²) < 4.78 is 19.7. The van der Waals surface area contributed by atoms with E-state index in [-0.39, 0.29) is 11.9 Å². The Morgan fingerprint density at radius 2 is 1.85 bits per heavy atom. The van der Waals surface area contributed by atoms with E-state index in [0.717, 1.165) is 31.4 Å². The van der Waals surface area contributed by atoms with Gasteiger partial charge in [0, 0.05) is 12.5 Å². The Morgan fingerprint density at radius 3 is 2.80 bits per heavy atom. The lowest BCUT2D eigenvalue weighted by Crippen LogP contribution is -2.21. The number of benzene rings is 2. The van der Waals surface area contributed by atoms with Crippen LogP contribution >= 0.6 is 0 Å². The van der Waals surface area contributed by atoms with Crippen LogP contribution in [0, 0.1) is 5.82 Å².